The number of aromatic amines is 1. The standard InChI is InChI=1S/C23H30N2O3/c1-5-7-20-16(3)12-18(24-20)8-9-21-19-14-23(28-6-2)22(27-4)13-17(19)10-11-25(21)15-26/h5,7,12-15,21,24H,6,8-11H2,1-4H3/b7-5-. The van der Waals surface area contributed by atoms with Crippen molar-refractivity contribution in [2.24, 2.45) is 0 Å². The van der Waals surface area contributed by atoms with Gasteiger partial charge in [-0.3, -0.25) is 4.79 Å². The molecule has 0 bridgehead atoms. The molecule has 5 heteroatoms. The first kappa shape index (κ1) is 20.1. The molecule has 2 heterocycles. The number of fused-ring (bicyclic) bond motifs is 1. The number of hydrogen-bond acceptors (Lipinski definition) is 3. The monoisotopic (exact) mass is 382 g/mol. The summed E-state index contributed by atoms with van der Waals surface area (Å²) < 4.78 is 11.3. The predicted molar refractivity (Wildman–Crippen MR) is 112 cm³/mol. The molecule has 2 aromatic rings. The molecule has 0 radical (unpaired) electrons. The van der Waals surface area contributed by atoms with E-state index < -0.39 is 0 Å². The Balaban J connectivity index is 1.88. The van der Waals surface area contributed by atoms with Crippen LogP contribution in [0, 0.1) is 6.92 Å². The first-order valence-electron chi connectivity index (χ1n) is 9.97. The highest BCUT2D eigenvalue weighted by Crippen LogP contribution is 2.39. The lowest BCUT2D eigenvalue weighted by Gasteiger charge is -2.35. The highest BCUT2D eigenvalue weighted by atomic mass is 16.5. The van der Waals surface area contributed by atoms with E-state index in [0.29, 0.717) is 6.61 Å². The summed E-state index contributed by atoms with van der Waals surface area (Å²) in [5.74, 6) is 1.50. The third kappa shape index (κ3) is 4.08. The lowest BCUT2D eigenvalue weighted by Crippen LogP contribution is -2.34. The van der Waals surface area contributed by atoms with Crippen LogP contribution in [0.15, 0.2) is 24.3 Å². The number of aromatic nitrogens is 1. The van der Waals surface area contributed by atoms with Crippen molar-refractivity contribution in [3.8, 4) is 11.5 Å². The number of aryl methyl sites for hydroxylation is 2. The number of nitrogens with zero attached hydrogens (tertiary/aromatic N) is 1. The van der Waals surface area contributed by atoms with Gasteiger partial charge in [-0.15, -0.1) is 0 Å². The van der Waals surface area contributed by atoms with E-state index in [-0.39, 0.29) is 6.04 Å². The number of carbonyl (C=O) groups excluding carboxylic acids is 1. The van der Waals surface area contributed by atoms with Crippen molar-refractivity contribution in [3.05, 3.63) is 52.4 Å². The molecule has 1 atom stereocenters. The van der Waals surface area contributed by atoms with Gasteiger partial charge in [-0.25, -0.2) is 0 Å². The molecule has 1 aromatic carbocycles. The van der Waals surface area contributed by atoms with Crippen molar-refractivity contribution >= 4 is 12.5 Å². The number of rotatable bonds is 8. The van der Waals surface area contributed by atoms with E-state index in [1.54, 1.807) is 7.11 Å². The molecule has 3 rings (SSSR count). The van der Waals surface area contributed by atoms with Crippen molar-refractivity contribution < 1.29 is 14.3 Å². The van der Waals surface area contributed by atoms with Gasteiger partial charge in [0.05, 0.1) is 19.8 Å². The molecule has 0 saturated heterocycles. The molecule has 0 spiro atoms. The summed E-state index contributed by atoms with van der Waals surface area (Å²) in [6, 6.07) is 6.37. The molecule has 1 amide bonds. The van der Waals surface area contributed by atoms with E-state index in [1.165, 1.54) is 22.4 Å². The topological polar surface area (TPSA) is 54.6 Å². The molecule has 150 valence electrons. The second kappa shape index (κ2) is 9.00. The summed E-state index contributed by atoms with van der Waals surface area (Å²) in [4.78, 5) is 17.1. The van der Waals surface area contributed by atoms with E-state index in [0.717, 1.165) is 49.4 Å². The second-order valence-electron chi connectivity index (χ2n) is 7.17. The number of ether oxygens (including phenoxy) is 2. The number of methoxy groups -OCH3 is 1. The van der Waals surface area contributed by atoms with Gasteiger partial charge in [0.2, 0.25) is 6.41 Å². The summed E-state index contributed by atoms with van der Waals surface area (Å²) in [6.07, 6.45) is 7.68. The van der Waals surface area contributed by atoms with Crippen LogP contribution in [-0.4, -0.2) is 36.6 Å². The van der Waals surface area contributed by atoms with Crippen LogP contribution in [0.25, 0.3) is 6.08 Å². The van der Waals surface area contributed by atoms with E-state index in [2.05, 4.69) is 36.2 Å². The van der Waals surface area contributed by atoms with Gasteiger partial charge in [0.1, 0.15) is 0 Å². The number of hydrogen-bond donors (Lipinski definition) is 1. The number of amides is 1. The quantitative estimate of drug-likeness (QED) is 0.686. The largest absolute Gasteiger partial charge is 0.493 e. The lowest BCUT2D eigenvalue weighted by atomic mass is 9.89. The molecule has 0 aliphatic carbocycles. The number of carbonyl (C=O) groups is 1. The predicted octanol–water partition coefficient (Wildman–Crippen LogP) is 4.45. The molecule has 0 saturated carbocycles. The second-order valence-corrected chi connectivity index (χ2v) is 7.17. The zero-order valence-electron chi connectivity index (χ0n) is 17.2. The fourth-order valence-corrected chi connectivity index (χ4v) is 4.02. The van der Waals surface area contributed by atoms with E-state index >= 15 is 0 Å². The smallest absolute Gasteiger partial charge is 0.210 e. The number of allylic oxidation sites excluding steroid dienone is 1. The van der Waals surface area contributed by atoms with Crippen molar-refractivity contribution in [2.75, 3.05) is 20.3 Å². The average molecular weight is 383 g/mol. The average Bonchev–Trinajstić information content (AvgIpc) is 3.05. The van der Waals surface area contributed by atoms with Crippen LogP contribution < -0.4 is 9.47 Å². The molecular weight excluding hydrogens is 352 g/mol. The fourth-order valence-electron chi connectivity index (χ4n) is 4.02. The van der Waals surface area contributed by atoms with Crippen LogP contribution >= 0.6 is 0 Å². The SMILES string of the molecule is C/C=C\c1[nH]c(CCC2c3cc(OCC)c(OC)cc3CCN2C=O)cc1C. The normalized spacial score (nSPS) is 16.3. The Morgan fingerprint density at radius 1 is 1.29 bits per heavy atom. The summed E-state index contributed by atoms with van der Waals surface area (Å²) in [7, 11) is 1.66. The fraction of sp³-hybridized carbons (Fsp3) is 0.435. The van der Waals surface area contributed by atoms with Crippen LogP contribution in [-0.2, 0) is 17.6 Å². The Hall–Kier alpha value is -2.69. The number of nitrogens with one attached hydrogen (secondary N) is 1. The van der Waals surface area contributed by atoms with Crippen LogP contribution in [0.4, 0.5) is 0 Å². The van der Waals surface area contributed by atoms with Crippen molar-refractivity contribution in [1.29, 1.82) is 0 Å². The maximum Gasteiger partial charge on any atom is 0.210 e. The van der Waals surface area contributed by atoms with Gasteiger partial charge in [-0.1, -0.05) is 6.08 Å². The minimum absolute atomic E-state index is 0.0418. The molecule has 28 heavy (non-hydrogen) atoms. The van der Waals surface area contributed by atoms with Gasteiger partial charge in [0.25, 0.3) is 0 Å². The number of H-pyrrole nitrogens is 1. The Morgan fingerprint density at radius 2 is 2.11 bits per heavy atom. The summed E-state index contributed by atoms with van der Waals surface area (Å²) in [5, 5.41) is 0. The summed E-state index contributed by atoms with van der Waals surface area (Å²) in [5.41, 5.74) is 5.99. The Labute approximate surface area is 167 Å². The van der Waals surface area contributed by atoms with Gasteiger partial charge in [0, 0.05) is 17.9 Å². The molecule has 1 unspecified atom stereocenters. The van der Waals surface area contributed by atoms with Crippen molar-refractivity contribution in [1.82, 2.24) is 9.88 Å². The Bertz CT molecular complexity index is 854. The van der Waals surface area contributed by atoms with Gasteiger partial charge >= 0.3 is 0 Å². The van der Waals surface area contributed by atoms with Crippen molar-refractivity contribution in [2.45, 2.75) is 46.1 Å². The first-order chi connectivity index (χ1) is 13.6. The third-order valence-corrected chi connectivity index (χ3v) is 5.39. The molecule has 1 aliphatic rings. The summed E-state index contributed by atoms with van der Waals surface area (Å²) in [6.45, 7) is 7.40. The van der Waals surface area contributed by atoms with Crippen LogP contribution in [0.5, 0.6) is 11.5 Å². The molecule has 1 aliphatic heterocycles. The lowest BCUT2D eigenvalue weighted by molar-refractivity contribution is -0.120. The van der Waals surface area contributed by atoms with E-state index in [4.69, 9.17) is 9.47 Å². The maximum absolute atomic E-state index is 11.7. The minimum Gasteiger partial charge on any atom is -0.493 e. The first-order valence-corrected chi connectivity index (χ1v) is 9.97. The van der Waals surface area contributed by atoms with Crippen molar-refractivity contribution in [3.63, 3.8) is 0 Å². The highest BCUT2D eigenvalue weighted by Gasteiger charge is 2.28. The Kier molecular flexibility index (Phi) is 6.45. The molecule has 1 aromatic heterocycles. The van der Waals surface area contributed by atoms with E-state index in [1.807, 2.05) is 24.8 Å². The zero-order chi connectivity index (χ0) is 20.1. The van der Waals surface area contributed by atoms with Gasteiger partial charge < -0.3 is 19.4 Å². The maximum atomic E-state index is 11.7. The number of benzene rings is 1. The van der Waals surface area contributed by atoms with Gasteiger partial charge in [-0.2, -0.15) is 0 Å². The Morgan fingerprint density at radius 3 is 2.79 bits per heavy atom. The molecule has 5 nitrogen and oxygen atoms in total. The third-order valence-electron chi connectivity index (χ3n) is 5.39. The minimum atomic E-state index is 0.0418. The van der Waals surface area contributed by atoms with Crippen LogP contribution in [0.2, 0.25) is 0 Å². The molecular formula is C23H30N2O3. The van der Waals surface area contributed by atoms with Crippen LogP contribution in [0.1, 0.15) is 54.4 Å². The zero-order valence-corrected chi connectivity index (χ0v) is 17.2. The summed E-state index contributed by atoms with van der Waals surface area (Å²) >= 11 is 0. The van der Waals surface area contributed by atoms with Gasteiger partial charge in [0.15, 0.2) is 11.5 Å². The molecule has 0 fully saturated rings. The highest BCUT2D eigenvalue weighted by molar-refractivity contribution is 5.55. The van der Waals surface area contributed by atoms with Crippen LogP contribution in [0.3, 0.4) is 0 Å². The van der Waals surface area contributed by atoms with Gasteiger partial charge in [-0.05, 0) is 81.0 Å². The van der Waals surface area contributed by atoms with E-state index in [9.17, 15) is 4.79 Å². The molecule has 1 N–H and O–H groups in total.